The third-order valence-electron chi connectivity index (χ3n) is 2.84. The fraction of sp³-hybridized carbons (Fsp3) is 0.312. The van der Waals surface area contributed by atoms with Gasteiger partial charge >= 0.3 is 0 Å². The van der Waals surface area contributed by atoms with E-state index in [-0.39, 0.29) is 0 Å². The summed E-state index contributed by atoms with van der Waals surface area (Å²) in [5, 5.41) is 3.35. The Kier molecular flexibility index (Phi) is 5.24. The third kappa shape index (κ3) is 4.46. The summed E-state index contributed by atoms with van der Waals surface area (Å²) in [7, 11) is 0. The average molecular weight is 271 g/mol. The Morgan fingerprint density at radius 2 is 2.15 bits per heavy atom. The minimum atomic E-state index is 0.705. The van der Waals surface area contributed by atoms with E-state index in [1.165, 1.54) is 0 Å². The van der Waals surface area contributed by atoms with E-state index in [4.69, 9.17) is 10.5 Å². The second kappa shape index (κ2) is 7.38. The lowest BCUT2D eigenvalue weighted by Crippen LogP contribution is -2.06. The van der Waals surface area contributed by atoms with Crippen LogP contribution in [0.25, 0.3) is 0 Å². The van der Waals surface area contributed by atoms with E-state index in [1.54, 1.807) is 0 Å². The molecule has 0 amide bonds. The van der Waals surface area contributed by atoms with Crippen LogP contribution in [0.5, 0.6) is 5.75 Å². The van der Waals surface area contributed by atoms with Crippen molar-refractivity contribution in [3.05, 3.63) is 48.3 Å². The standard InChI is InChI=1S/C16H21N3O/c1-2-9-20-16-11-13(17)10-15(12-16)19-8-6-14-5-3-4-7-18-14/h3-5,7,10-12,19H,2,6,8-9,17H2,1H3. The molecule has 0 saturated heterocycles. The van der Waals surface area contributed by atoms with E-state index in [1.807, 2.05) is 42.6 Å². The Morgan fingerprint density at radius 3 is 2.90 bits per heavy atom. The highest BCUT2D eigenvalue weighted by molar-refractivity contribution is 5.59. The van der Waals surface area contributed by atoms with Gasteiger partial charge in [0, 0.05) is 48.4 Å². The first-order chi connectivity index (χ1) is 9.78. The van der Waals surface area contributed by atoms with Crippen molar-refractivity contribution in [2.45, 2.75) is 19.8 Å². The highest BCUT2D eigenvalue weighted by atomic mass is 16.5. The molecule has 106 valence electrons. The summed E-state index contributed by atoms with van der Waals surface area (Å²) in [6, 6.07) is 11.7. The molecule has 0 atom stereocenters. The van der Waals surface area contributed by atoms with Crippen LogP contribution in [-0.4, -0.2) is 18.1 Å². The van der Waals surface area contributed by atoms with Crippen LogP contribution in [0, 0.1) is 0 Å². The fourth-order valence-corrected chi connectivity index (χ4v) is 1.91. The summed E-state index contributed by atoms with van der Waals surface area (Å²) in [6.07, 6.45) is 3.67. The molecule has 1 heterocycles. The predicted octanol–water partition coefficient (Wildman–Crippen LogP) is 3.11. The second-order valence-corrected chi connectivity index (χ2v) is 4.64. The van der Waals surface area contributed by atoms with Gasteiger partial charge < -0.3 is 15.8 Å². The van der Waals surface area contributed by atoms with Gasteiger partial charge in [-0.15, -0.1) is 0 Å². The van der Waals surface area contributed by atoms with Gasteiger partial charge in [0.15, 0.2) is 0 Å². The molecule has 0 spiro atoms. The zero-order valence-electron chi connectivity index (χ0n) is 11.8. The van der Waals surface area contributed by atoms with Crippen molar-refractivity contribution in [1.82, 2.24) is 4.98 Å². The number of nitrogens with two attached hydrogens (primary N) is 1. The van der Waals surface area contributed by atoms with Crippen LogP contribution in [0.15, 0.2) is 42.6 Å². The van der Waals surface area contributed by atoms with Gasteiger partial charge in [-0.1, -0.05) is 13.0 Å². The van der Waals surface area contributed by atoms with Crippen molar-refractivity contribution in [2.75, 3.05) is 24.2 Å². The topological polar surface area (TPSA) is 60.2 Å². The molecular weight excluding hydrogens is 250 g/mol. The van der Waals surface area contributed by atoms with Gasteiger partial charge in [0.2, 0.25) is 0 Å². The molecule has 0 unspecified atom stereocenters. The molecule has 2 aromatic rings. The number of pyridine rings is 1. The van der Waals surface area contributed by atoms with Crippen LogP contribution >= 0.6 is 0 Å². The summed E-state index contributed by atoms with van der Waals surface area (Å²) in [4.78, 5) is 4.30. The first kappa shape index (κ1) is 14.2. The number of rotatable bonds is 7. The predicted molar refractivity (Wildman–Crippen MR) is 83.1 cm³/mol. The van der Waals surface area contributed by atoms with E-state index in [2.05, 4.69) is 17.2 Å². The molecule has 4 heteroatoms. The molecule has 0 aliphatic rings. The molecule has 0 fully saturated rings. The Balaban J connectivity index is 1.90. The van der Waals surface area contributed by atoms with E-state index in [0.29, 0.717) is 12.3 Å². The van der Waals surface area contributed by atoms with Crippen LogP contribution in [0.4, 0.5) is 11.4 Å². The largest absolute Gasteiger partial charge is 0.493 e. The lowest BCUT2D eigenvalue weighted by molar-refractivity contribution is 0.318. The zero-order valence-corrected chi connectivity index (χ0v) is 11.8. The zero-order chi connectivity index (χ0) is 14.2. The maximum atomic E-state index is 5.88. The highest BCUT2D eigenvalue weighted by Crippen LogP contribution is 2.22. The summed E-state index contributed by atoms with van der Waals surface area (Å²) in [5.74, 6) is 0.812. The second-order valence-electron chi connectivity index (χ2n) is 4.64. The average Bonchev–Trinajstić information content (AvgIpc) is 2.46. The maximum absolute atomic E-state index is 5.88. The van der Waals surface area contributed by atoms with Crippen LogP contribution in [-0.2, 0) is 6.42 Å². The Bertz CT molecular complexity index is 529. The molecular formula is C16H21N3O. The van der Waals surface area contributed by atoms with Crippen LogP contribution in [0.3, 0.4) is 0 Å². The molecule has 20 heavy (non-hydrogen) atoms. The number of nitrogens with one attached hydrogen (secondary N) is 1. The van der Waals surface area contributed by atoms with E-state index >= 15 is 0 Å². The minimum Gasteiger partial charge on any atom is -0.493 e. The molecule has 3 N–H and O–H groups in total. The van der Waals surface area contributed by atoms with E-state index < -0.39 is 0 Å². The van der Waals surface area contributed by atoms with Gasteiger partial charge in [0.1, 0.15) is 5.75 Å². The molecule has 0 bridgehead atoms. The molecule has 0 radical (unpaired) electrons. The highest BCUT2D eigenvalue weighted by Gasteiger charge is 2.00. The van der Waals surface area contributed by atoms with Crippen molar-refractivity contribution in [1.29, 1.82) is 0 Å². The van der Waals surface area contributed by atoms with E-state index in [9.17, 15) is 0 Å². The number of nitrogen functional groups attached to an aromatic ring is 1. The molecule has 0 saturated carbocycles. The van der Waals surface area contributed by atoms with Crippen molar-refractivity contribution in [2.24, 2.45) is 0 Å². The Morgan fingerprint density at radius 1 is 1.25 bits per heavy atom. The SMILES string of the molecule is CCCOc1cc(N)cc(NCCc2ccccn2)c1. The van der Waals surface area contributed by atoms with Crippen molar-refractivity contribution < 1.29 is 4.74 Å². The minimum absolute atomic E-state index is 0.705. The monoisotopic (exact) mass is 271 g/mol. The number of anilines is 2. The Labute approximate surface area is 120 Å². The number of benzene rings is 1. The molecule has 4 nitrogen and oxygen atoms in total. The number of nitrogens with zero attached hydrogens (tertiary/aromatic N) is 1. The molecule has 0 aliphatic carbocycles. The van der Waals surface area contributed by atoms with Gasteiger partial charge in [-0.25, -0.2) is 0 Å². The van der Waals surface area contributed by atoms with Gasteiger partial charge in [-0.3, -0.25) is 4.98 Å². The molecule has 1 aromatic carbocycles. The summed E-state index contributed by atoms with van der Waals surface area (Å²) >= 11 is 0. The first-order valence-corrected chi connectivity index (χ1v) is 6.95. The third-order valence-corrected chi connectivity index (χ3v) is 2.84. The number of aromatic nitrogens is 1. The fourth-order valence-electron chi connectivity index (χ4n) is 1.91. The number of hydrogen-bond donors (Lipinski definition) is 2. The summed E-state index contributed by atoms with van der Waals surface area (Å²) in [6.45, 7) is 3.60. The Hall–Kier alpha value is -2.23. The summed E-state index contributed by atoms with van der Waals surface area (Å²) < 4.78 is 5.61. The van der Waals surface area contributed by atoms with Crippen molar-refractivity contribution >= 4 is 11.4 Å². The molecule has 2 rings (SSSR count). The van der Waals surface area contributed by atoms with Crippen LogP contribution < -0.4 is 15.8 Å². The lowest BCUT2D eigenvalue weighted by Gasteiger charge is -2.10. The lowest BCUT2D eigenvalue weighted by atomic mass is 10.2. The number of ether oxygens (including phenoxy) is 1. The number of hydrogen-bond acceptors (Lipinski definition) is 4. The normalized spacial score (nSPS) is 10.2. The summed E-state index contributed by atoms with van der Waals surface area (Å²) in [5.41, 5.74) is 8.64. The van der Waals surface area contributed by atoms with Gasteiger partial charge in [-0.2, -0.15) is 0 Å². The van der Waals surface area contributed by atoms with Crippen molar-refractivity contribution in [3.63, 3.8) is 0 Å². The van der Waals surface area contributed by atoms with Gasteiger partial charge in [0.25, 0.3) is 0 Å². The molecule has 1 aromatic heterocycles. The quantitative estimate of drug-likeness (QED) is 0.760. The van der Waals surface area contributed by atoms with Crippen LogP contribution in [0.2, 0.25) is 0 Å². The van der Waals surface area contributed by atoms with Crippen molar-refractivity contribution in [3.8, 4) is 5.75 Å². The van der Waals surface area contributed by atoms with E-state index in [0.717, 1.165) is 36.5 Å². The molecule has 0 aliphatic heterocycles. The maximum Gasteiger partial charge on any atom is 0.123 e. The van der Waals surface area contributed by atoms with Gasteiger partial charge in [-0.05, 0) is 24.6 Å². The smallest absolute Gasteiger partial charge is 0.123 e. The van der Waals surface area contributed by atoms with Crippen LogP contribution in [0.1, 0.15) is 19.0 Å². The van der Waals surface area contributed by atoms with Gasteiger partial charge in [0.05, 0.1) is 6.61 Å². The first-order valence-electron chi connectivity index (χ1n) is 6.95.